The van der Waals surface area contributed by atoms with Crippen LogP contribution in [-0.4, -0.2) is 18.0 Å². The van der Waals surface area contributed by atoms with Gasteiger partial charge in [-0.2, -0.15) is 0 Å². The molecule has 2 aromatic carbocycles. The molecule has 0 aromatic heterocycles. The molecule has 0 aliphatic rings. The fourth-order valence-corrected chi connectivity index (χ4v) is 1.84. The second kappa shape index (κ2) is 7.74. The third kappa shape index (κ3) is 4.96. The van der Waals surface area contributed by atoms with Gasteiger partial charge in [0.2, 0.25) is 0 Å². The van der Waals surface area contributed by atoms with Crippen molar-refractivity contribution in [3.8, 4) is 5.75 Å². The summed E-state index contributed by atoms with van der Waals surface area (Å²) in [6.45, 7) is -0.0204. The van der Waals surface area contributed by atoms with Gasteiger partial charge in [0.1, 0.15) is 12.4 Å². The maximum atomic E-state index is 11.7. The van der Waals surface area contributed by atoms with Crippen LogP contribution in [0.3, 0.4) is 0 Å². The smallest absolute Gasteiger partial charge is 0.331 e. The summed E-state index contributed by atoms with van der Waals surface area (Å²) in [4.78, 5) is 21.8. The fourth-order valence-electron chi connectivity index (χ4n) is 1.84. The Morgan fingerprint density at radius 1 is 1.22 bits per heavy atom. The van der Waals surface area contributed by atoms with E-state index in [0.29, 0.717) is 5.56 Å². The molecule has 2 rings (SSSR count). The predicted octanol–water partition coefficient (Wildman–Crippen LogP) is 3.36. The van der Waals surface area contributed by atoms with Gasteiger partial charge in [-0.1, -0.05) is 24.3 Å². The second-order valence-electron chi connectivity index (χ2n) is 4.64. The Kier molecular flexibility index (Phi) is 5.46. The molecule has 0 amide bonds. The van der Waals surface area contributed by atoms with E-state index in [9.17, 15) is 14.9 Å². The van der Waals surface area contributed by atoms with Gasteiger partial charge in [0.15, 0.2) is 0 Å². The van der Waals surface area contributed by atoms with Gasteiger partial charge < -0.3 is 9.47 Å². The number of hydrogen-bond acceptors (Lipinski definition) is 5. The van der Waals surface area contributed by atoms with Gasteiger partial charge in [-0.15, -0.1) is 0 Å². The molecule has 0 heterocycles. The second-order valence-corrected chi connectivity index (χ2v) is 4.64. The Hall–Kier alpha value is -3.15. The number of methoxy groups -OCH3 is 1. The standard InChI is InChI=1S/C17H15NO5/c1-22-16-8-5-13(6-9-16)7-10-17(19)23-12-14-3-2-4-15(11-14)18(20)21/h2-11H,12H2,1H3/b10-7+. The number of ether oxygens (including phenoxy) is 2. The first-order chi connectivity index (χ1) is 11.1. The first-order valence-corrected chi connectivity index (χ1v) is 6.81. The van der Waals surface area contributed by atoms with Gasteiger partial charge in [0.25, 0.3) is 5.69 Å². The maximum absolute atomic E-state index is 11.7. The minimum Gasteiger partial charge on any atom is -0.497 e. The molecular formula is C17H15NO5. The van der Waals surface area contributed by atoms with Crippen LogP contribution in [0, 0.1) is 10.1 Å². The number of carbonyl (C=O) groups excluding carboxylic acids is 1. The van der Waals surface area contributed by atoms with Gasteiger partial charge in [0, 0.05) is 18.2 Å². The summed E-state index contributed by atoms with van der Waals surface area (Å²) < 4.78 is 10.1. The molecule has 0 bridgehead atoms. The van der Waals surface area contributed by atoms with Crippen LogP contribution in [0.5, 0.6) is 5.75 Å². The highest BCUT2D eigenvalue weighted by atomic mass is 16.6. The number of nitro groups is 1. The zero-order valence-corrected chi connectivity index (χ0v) is 12.5. The average molecular weight is 313 g/mol. The van der Waals surface area contributed by atoms with E-state index in [1.165, 1.54) is 18.2 Å². The van der Waals surface area contributed by atoms with E-state index in [2.05, 4.69) is 0 Å². The number of nitrogens with zero attached hydrogens (tertiary/aromatic N) is 1. The first-order valence-electron chi connectivity index (χ1n) is 6.81. The summed E-state index contributed by atoms with van der Waals surface area (Å²) in [6, 6.07) is 13.2. The molecule has 6 nitrogen and oxygen atoms in total. The number of benzene rings is 2. The molecule has 0 aliphatic carbocycles. The highest BCUT2D eigenvalue weighted by Crippen LogP contribution is 2.14. The number of rotatable bonds is 6. The van der Waals surface area contributed by atoms with Crippen molar-refractivity contribution in [3.63, 3.8) is 0 Å². The van der Waals surface area contributed by atoms with Crippen LogP contribution in [-0.2, 0) is 16.1 Å². The number of hydrogen-bond donors (Lipinski definition) is 0. The van der Waals surface area contributed by atoms with E-state index in [1.807, 2.05) is 12.1 Å². The number of carbonyl (C=O) groups is 1. The van der Waals surface area contributed by atoms with Crippen molar-refractivity contribution >= 4 is 17.7 Å². The van der Waals surface area contributed by atoms with Crippen LogP contribution >= 0.6 is 0 Å². The van der Waals surface area contributed by atoms with Crippen molar-refractivity contribution in [1.29, 1.82) is 0 Å². The lowest BCUT2D eigenvalue weighted by Gasteiger charge is -2.02. The summed E-state index contributed by atoms with van der Waals surface area (Å²) in [5.41, 5.74) is 1.36. The lowest BCUT2D eigenvalue weighted by Crippen LogP contribution is -2.01. The average Bonchev–Trinajstić information content (AvgIpc) is 2.58. The third-order valence-corrected chi connectivity index (χ3v) is 3.03. The molecule has 0 atom stereocenters. The maximum Gasteiger partial charge on any atom is 0.331 e. The van der Waals surface area contributed by atoms with Crippen LogP contribution in [0.15, 0.2) is 54.6 Å². The lowest BCUT2D eigenvalue weighted by atomic mass is 10.2. The Bertz CT molecular complexity index is 722. The van der Waals surface area contributed by atoms with Crippen molar-refractivity contribution in [3.05, 3.63) is 75.8 Å². The SMILES string of the molecule is COc1ccc(/C=C/C(=O)OCc2cccc([N+](=O)[O-])c2)cc1. The summed E-state index contributed by atoms with van der Waals surface area (Å²) in [5.74, 6) is 0.211. The van der Waals surface area contributed by atoms with Gasteiger partial charge >= 0.3 is 5.97 Å². The monoisotopic (exact) mass is 313 g/mol. The van der Waals surface area contributed by atoms with E-state index in [1.54, 1.807) is 37.5 Å². The molecule has 23 heavy (non-hydrogen) atoms. The Morgan fingerprint density at radius 2 is 1.96 bits per heavy atom. The quantitative estimate of drug-likeness (QED) is 0.353. The van der Waals surface area contributed by atoms with Crippen molar-refractivity contribution in [2.75, 3.05) is 7.11 Å². The van der Waals surface area contributed by atoms with Crippen LogP contribution in [0.2, 0.25) is 0 Å². The molecular weight excluding hydrogens is 298 g/mol. The molecule has 6 heteroatoms. The van der Waals surface area contributed by atoms with Gasteiger partial charge in [-0.05, 0) is 29.3 Å². The molecule has 2 aromatic rings. The molecule has 0 N–H and O–H groups in total. The first kappa shape index (κ1) is 16.2. The largest absolute Gasteiger partial charge is 0.497 e. The van der Waals surface area contributed by atoms with Crippen molar-refractivity contribution in [1.82, 2.24) is 0 Å². The van der Waals surface area contributed by atoms with Gasteiger partial charge in [0.05, 0.1) is 12.0 Å². The minimum atomic E-state index is -0.521. The molecule has 0 radical (unpaired) electrons. The van der Waals surface area contributed by atoms with E-state index in [4.69, 9.17) is 9.47 Å². The molecule has 0 saturated heterocycles. The van der Waals surface area contributed by atoms with Crippen molar-refractivity contribution in [2.45, 2.75) is 6.61 Å². The van der Waals surface area contributed by atoms with Crippen LogP contribution in [0.1, 0.15) is 11.1 Å². The van der Waals surface area contributed by atoms with Crippen molar-refractivity contribution < 1.29 is 19.2 Å². The van der Waals surface area contributed by atoms with E-state index < -0.39 is 10.9 Å². The zero-order valence-electron chi connectivity index (χ0n) is 12.5. The molecule has 118 valence electrons. The van der Waals surface area contributed by atoms with E-state index >= 15 is 0 Å². The summed E-state index contributed by atoms with van der Waals surface area (Å²) in [6.07, 6.45) is 2.92. The van der Waals surface area contributed by atoms with E-state index in [-0.39, 0.29) is 12.3 Å². The highest BCUT2D eigenvalue weighted by Gasteiger charge is 2.06. The Morgan fingerprint density at radius 3 is 2.61 bits per heavy atom. The molecule has 0 unspecified atom stereocenters. The Balaban J connectivity index is 1.90. The molecule has 0 aliphatic heterocycles. The predicted molar refractivity (Wildman–Crippen MR) is 84.9 cm³/mol. The van der Waals surface area contributed by atoms with Crippen LogP contribution < -0.4 is 4.74 Å². The lowest BCUT2D eigenvalue weighted by molar-refractivity contribution is -0.384. The van der Waals surface area contributed by atoms with Gasteiger partial charge in [-0.3, -0.25) is 10.1 Å². The highest BCUT2D eigenvalue weighted by molar-refractivity contribution is 5.87. The van der Waals surface area contributed by atoms with Gasteiger partial charge in [-0.25, -0.2) is 4.79 Å². The molecule has 0 saturated carbocycles. The Labute approximate surface area is 133 Å². The summed E-state index contributed by atoms with van der Waals surface area (Å²) >= 11 is 0. The fraction of sp³-hybridized carbons (Fsp3) is 0.118. The number of nitro benzene ring substituents is 1. The van der Waals surface area contributed by atoms with Crippen LogP contribution in [0.25, 0.3) is 6.08 Å². The number of non-ortho nitro benzene ring substituents is 1. The molecule has 0 spiro atoms. The minimum absolute atomic E-state index is 0.0204. The summed E-state index contributed by atoms with van der Waals surface area (Å²) in [7, 11) is 1.58. The normalized spacial score (nSPS) is 10.5. The third-order valence-electron chi connectivity index (χ3n) is 3.03. The van der Waals surface area contributed by atoms with E-state index in [0.717, 1.165) is 11.3 Å². The summed E-state index contributed by atoms with van der Waals surface area (Å²) in [5, 5.41) is 10.7. The van der Waals surface area contributed by atoms with Crippen molar-refractivity contribution in [2.24, 2.45) is 0 Å². The van der Waals surface area contributed by atoms with Crippen LogP contribution in [0.4, 0.5) is 5.69 Å². The molecule has 0 fully saturated rings. The topological polar surface area (TPSA) is 78.7 Å². The zero-order chi connectivity index (χ0) is 16.7. The number of esters is 1.